The predicted octanol–water partition coefficient (Wildman–Crippen LogP) is 3.38. The van der Waals surface area contributed by atoms with Crippen LogP contribution in [0.5, 0.6) is 0 Å². The van der Waals surface area contributed by atoms with Crippen molar-refractivity contribution in [1.29, 1.82) is 0 Å². The number of rotatable bonds is 5. The number of pyridine rings is 1. The Labute approximate surface area is 147 Å². The topological polar surface area (TPSA) is 45.2 Å². The molecule has 126 valence electrons. The SMILES string of the molecule is O=C(NCC1CCN(Cc2ccccc2)CC1)c1ccc(Cl)nc1. The summed E-state index contributed by atoms with van der Waals surface area (Å²) in [4.78, 5) is 18.5. The number of halogens is 1. The molecule has 24 heavy (non-hydrogen) atoms. The molecule has 1 aliphatic heterocycles. The summed E-state index contributed by atoms with van der Waals surface area (Å²) in [5.74, 6) is 0.465. The Hall–Kier alpha value is -1.91. The smallest absolute Gasteiger partial charge is 0.252 e. The fourth-order valence-corrected chi connectivity index (χ4v) is 3.15. The van der Waals surface area contributed by atoms with Gasteiger partial charge >= 0.3 is 0 Å². The van der Waals surface area contributed by atoms with Crippen LogP contribution >= 0.6 is 11.6 Å². The second-order valence-electron chi connectivity index (χ2n) is 6.28. The molecule has 1 aromatic heterocycles. The zero-order chi connectivity index (χ0) is 16.8. The van der Waals surface area contributed by atoms with Crippen LogP contribution in [0.4, 0.5) is 0 Å². The van der Waals surface area contributed by atoms with E-state index in [2.05, 4.69) is 45.5 Å². The predicted molar refractivity (Wildman–Crippen MR) is 96.0 cm³/mol. The van der Waals surface area contributed by atoms with Gasteiger partial charge in [-0.05, 0) is 49.5 Å². The number of nitrogens with zero attached hydrogens (tertiary/aromatic N) is 2. The lowest BCUT2D eigenvalue weighted by molar-refractivity contribution is 0.0935. The van der Waals surface area contributed by atoms with Crippen LogP contribution in [0.1, 0.15) is 28.8 Å². The van der Waals surface area contributed by atoms with Crippen LogP contribution in [0, 0.1) is 5.92 Å². The lowest BCUT2D eigenvalue weighted by atomic mass is 9.96. The van der Waals surface area contributed by atoms with Gasteiger partial charge in [0.25, 0.3) is 5.91 Å². The number of piperidine rings is 1. The van der Waals surface area contributed by atoms with E-state index in [1.54, 1.807) is 12.1 Å². The highest BCUT2D eigenvalue weighted by Crippen LogP contribution is 2.18. The van der Waals surface area contributed by atoms with E-state index in [1.165, 1.54) is 11.8 Å². The van der Waals surface area contributed by atoms with Crippen LogP contribution < -0.4 is 5.32 Å². The van der Waals surface area contributed by atoms with Crippen LogP contribution in [0.3, 0.4) is 0 Å². The average molecular weight is 344 g/mol. The van der Waals surface area contributed by atoms with Gasteiger partial charge in [-0.2, -0.15) is 0 Å². The summed E-state index contributed by atoms with van der Waals surface area (Å²) < 4.78 is 0. The highest BCUT2D eigenvalue weighted by atomic mass is 35.5. The first kappa shape index (κ1) is 16.9. The van der Waals surface area contributed by atoms with E-state index in [-0.39, 0.29) is 5.91 Å². The Kier molecular flexibility index (Phi) is 5.83. The van der Waals surface area contributed by atoms with Crippen molar-refractivity contribution < 1.29 is 4.79 Å². The number of nitrogens with one attached hydrogen (secondary N) is 1. The van der Waals surface area contributed by atoms with Crippen LogP contribution in [-0.2, 0) is 6.54 Å². The first-order valence-corrected chi connectivity index (χ1v) is 8.74. The van der Waals surface area contributed by atoms with Gasteiger partial charge in [0.2, 0.25) is 0 Å². The molecule has 0 spiro atoms. The number of likely N-dealkylation sites (tertiary alicyclic amines) is 1. The van der Waals surface area contributed by atoms with Crippen LogP contribution in [-0.4, -0.2) is 35.4 Å². The molecule has 2 heterocycles. The molecule has 0 aliphatic carbocycles. The molecule has 3 rings (SSSR count). The van der Waals surface area contributed by atoms with E-state index < -0.39 is 0 Å². The van der Waals surface area contributed by atoms with Crippen molar-refractivity contribution in [3.8, 4) is 0 Å². The molecule has 1 saturated heterocycles. The van der Waals surface area contributed by atoms with Crippen molar-refractivity contribution in [2.45, 2.75) is 19.4 Å². The minimum atomic E-state index is -0.0779. The van der Waals surface area contributed by atoms with Gasteiger partial charge in [-0.25, -0.2) is 4.98 Å². The quantitative estimate of drug-likeness (QED) is 0.846. The molecular formula is C19H22ClN3O. The number of hydrogen-bond acceptors (Lipinski definition) is 3. The largest absolute Gasteiger partial charge is 0.352 e. The van der Waals surface area contributed by atoms with E-state index in [0.29, 0.717) is 16.6 Å². The van der Waals surface area contributed by atoms with Crippen LogP contribution in [0.2, 0.25) is 5.15 Å². The fraction of sp³-hybridized carbons (Fsp3) is 0.368. The Morgan fingerprint density at radius 2 is 1.92 bits per heavy atom. The maximum Gasteiger partial charge on any atom is 0.252 e. The minimum absolute atomic E-state index is 0.0779. The first-order valence-electron chi connectivity index (χ1n) is 8.37. The van der Waals surface area contributed by atoms with Crippen molar-refractivity contribution >= 4 is 17.5 Å². The maximum absolute atomic E-state index is 12.1. The Morgan fingerprint density at radius 3 is 2.58 bits per heavy atom. The summed E-state index contributed by atoms with van der Waals surface area (Å²) in [5, 5.41) is 3.41. The summed E-state index contributed by atoms with van der Waals surface area (Å²) in [6.45, 7) is 3.90. The normalized spacial score (nSPS) is 16.0. The second-order valence-corrected chi connectivity index (χ2v) is 6.67. The van der Waals surface area contributed by atoms with E-state index in [9.17, 15) is 4.79 Å². The number of hydrogen-bond donors (Lipinski definition) is 1. The van der Waals surface area contributed by atoms with Gasteiger partial charge in [-0.1, -0.05) is 41.9 Å². The lowest BCUT2D eigenvalue weighted by Crippen LogP contribution is -2.38. The number of benzene rings is 1. The third-order valence-electron chi connectivity index (χ3n) is 4.50. The number of carbonyl (C=O) groups excluding carboxylic acids is 1. The lowest BCUT2D eigenvalue weighted by Gasteiger charge is -2.32. The molecule has 4 nitrogen and oxygen atoms in total. The Morgan fingerprint density at radius 1 is 1.17 bits per heavy atom. The third-order valence-corrected chi connectivity index (χ3v) is 4.72. The van der Waals surface area contributed by atoms with Gasteiger partial charge < -0.3 is 5.32 Å². The summed E-state index contributed by atoms with van der Waals surface area (Å²) in [5.41, 5.74) is 1.92. The molecule has 0 bridgehead atoms. The Bertz CT molecular complexity index is 652. The molecule has 1 aliphatic rings. The standard InChI is InChI=1S/C19H22ClN3O/c20-18-7-6-17(13-21-18)19(24)22-12-15-8-10-23(11-9-15)14-16-4-2-1-3-5-16/h1-7,13,15H,8-12,14H2,(H,22,24). The summed E-state index contributed by atoms with van der Waals surface area (Å²) in [6.07, 6.45) is 3.75. The molecule has 0 saturated carbocycles. The van der Waals surface area contributed by atoms with Gasteiger partial charge in [-0.15, -0.1) is 0 Å². The number of aromatic nitrogens is 1. The summed E-state index contributed by atoms with van der Waals surface area (Å²) in [7, 11) is 0. The first-order chi connectivity index (χ1) is 11.7. The number of amides is 1. The van der Waals surface area contributed by atoms with E-state index in [0.717, 1.165) is 39.0 Å². The molecule has 1 fully saturated rings. The fourth-order valence-electron chi connectivity index (χ4n) is 3.04. The van der Waals surface area contributed by atoms with Crippen LogP contribution in [0.15, 0.2) is 48.7 Å². The molecule has 0 unspecified atom stereocenters. The van der Waals surface area contributed by atoms with Crippen molar-refractivity contribution in [3.63, 3.8) is 0 Å². The zero-order valence-corrected chi connectivity index (χ0v) is 14.4. The zero-order valence-electron chi connectivity index (χ0n) is 13.6. The molecule has 1 aromatic carbocycles. The van der Waals surface area contributed by atoms with Crippen molar-refractivity contribution in [2.75, 3.05) is 19.6 Å². The number of carbonyl (C=O) groups is 1. The highest BCUT2D eigenvalue weighted by Gasteiger charge is 2.20. The van der Waals surface area contributed by atoms with Gasteiger partial charge in [0.1, 0.15) is 5.15 Å². The summed E-state index contributed by atoms with van der Waals surface area (Å²) >= 11 is 5.74. The Balaban J connectivity index is 1.41. The molecule has 5 heteroatoms. The monoisotopic (exact) mass is 343 g/mol. The average Bonchev–Trinajstić information content (AvgIpc) is 2.62. The van der Waals surface area contributed by atoms with Gasteiger partial charge in [-0.3, -0.25) is 9.69 Å². The van der Waals surface area contributed by atoms with E-state index in [1.807, 2.05) is 0 Å². The molecule has 1 amide bonds. The second kappa shape index (κ2) is 8.27. The van der Waals surface area contributed by atoms with E-state index >= 15 is 0 Å². The van der Waals surface area contributed by atoms with Gasteiger partial charge in [0.05, 0.1) is 5.56 Å². The van der Waals surface area contributed by atoms with Crippen LogP contribution in [0.25, 0.3) is 0 Å². The van der Waals surface area contributed by atoms with E-state index in [4.69, 9.17) is 11.6 Å². The van der Waals surface area contributed by atoms with Gasteiger partial charge in [0, 0.05) is 19.3 Å². The highest BCUT2D eigenvalue weighted by molar-refractivity contribution is 6.29. The molecule has 1 N–H and O–H groups in total. The minimum Gasteiger partial charge on any atom is -0.352 e. The molecular weight excluding hydrogens is 322 g/mol. The van der Waals surface area contributed by atoms with Crippen molar-refractivity contribution in [1.82, 2.24) is 15.2 Å². The molecule has 2 aromatic rings. The molecule has 0 atom stereocenters. The van der Waals surface area contributed by atoms with Crippen molar-refractivity contribution in [3.05, 3.63) is 64.9 Å². The maximum atomic E-state index is 12.1. The summed E-state index contributed by atoms with van der Waals surface area (Å²) in [6, 6.07) is 13.9. The van der Waals surface area contributed by atoms with Gasteiger partial charge in [0.15, 0.2) is 0 Å². The molecule has 0 radical (unpaired) electrons. The third kappa shape index (κ3) is 4.79. The van der Waals surface area contributed by atoms with Crippen molar-refractivity contribution in [2.24, 2.45) is 5.92 Å².